The number of carbonyl (C=O) groups is 1. The molecule has 1 amide bonds. The molecule has 0 saturated carbocycles. The number of halogens is 2. The zero-order valence-corrected chi connectivity index (χ0v) is 12.9. The van der Waals surface area contributed by atoms with E-state index < -0.39 is 0 Å². The molecule has 0 aromatic carbocycles. The quantitative estimate of drug-likeness (QED) is 0.803. The Hall–Kier alpha value is 0.130. The van der Waals surface area contributed by atoms with Crippen molar-refractivity contribution in [1.82, 2.24) is 4.90 Å². The highest BCUT2D eigenvalue weighted by Crippen LogP contribution is 2.32. The molecule has 1 heterocycles. The Bertz CT molecular complexity index is 343. The van der Waals surface area contributed by atoms with E-state index in [9.17, 15) is 4.79 Å². The Balaban J connectivity index is 2.76. The molecule has 2 nitrogen and oxygen atoms in total. The van der Waals surface area contributed by atoms with Crippen LogP contribution in [-0.2, 0) is 0 Å². The second-order valence-electron chi connectivity index (χ2n) is 3.81. The molecule has 1 rings (SSSR count). The molecule has 0 aliphatic heterocycles. The number of hydrogen-bond acceptors (Lipinski definition) is 2. The zero-order valence-electron chi connectivity index (χ0n) is 8.88. The van der Waals surface area contributed by atoms with Gasteiger partial charge in [-0.3, -0.25) is 4.79 Å². The van der Waals surface area contributed by atoms with Crippen molar-refractivity contribution in [3.8, 4) is 0 Å². The summed E-state index contributed by atoms with van der Waals surface area (Å²) in [6.07, 6.45) is 0. The van der Waals surface area contributed by atoms with Crippen molar-refractivity contribution in [3.63, 3.8) is 0 Å². The van der Waals surface area contributed by atoms with Crippen LogP contribution in [0.1, 0.15) is 23.5 Å². The number of rotatable bonds is 3. The molecule has 1 aromatic rings. The summed E-state index contributed by atoms with van der Waals surface area (Å²) >= 11 is 8.22. The fourth-order valence-electron chi connectivity index (χ4n) is 1.27. The highest BCUT2D eigenvalue weighted by molar-refractivity contribution is 9.13. The van der Waals surface area contributed by atoms with E-state index in [1.807, 2.05) is 13.1 Å². The Morgan fingerprint density at radius 2 is 2.13 bits per heavy atom. The first-order valence-corrected chi connectivity index (χ1v) is 7.02. The van der Waals surface area contributed by atoms with Gasteiger partial charge >= 0.3 is 0 Å². The van der Waals surface area contributed by atoms with Crippen LogP contribution in [-0.4, -0.2) is 24.4 Å². The standard InChI is InChI=1S/C10H13Br2NOS/c1-6(2)5-13(3)10(14)8-4-7(11)9(12)15-8/h4,6H,5H2,1-3H3. The van der Waals surface area contributed by atoms with Gasteiger partial charge in [0.05, 0.1) is 8.66 Å². The summed E-state index contributed by atoms with van der Waals surface area (Å²) in [5, 5.41) is 0. The van der Waals surface area contributed by atoms with E-state index in [1.54, 1.807) is 4.90 Å². The van der Waals surface area contributed by atoms with E-state index in [1.165, 1.54) is 11.3 Å². The van der Waals surface area contributed by atoms with Crippen LogP contribution >= 0.6 is 43.2 Å². The predicted octanol–water partition coefficient (Wildman–Crippen LogP) is 4.00. The van der Waals surface area contributed by atoms with Crippen molar-refractivity contribution >= 4 is 49.1 Å². The van der Waals surface area contributed by atoms with E-state index in [0.29, 0.717) is 5.92 Å². The third kappa shape index (κ3) is 3.57. The normalized spacial score (nSPS) is 10.8. The lowest BCUT2D eigenvalue weighted by atomic mass is 10.2. The molecular formula is C10H13Br2NOS. The van der Waals surface area contributed by atoms with Crippen molar-refractivity contribution in [2.45, 2.75) is 13.8 Å². The van der Waals surface area contributed by atoms with Gasteiger partial charge in [-0.05, 0) is 43.8 Å². The van der Waals surface area contributed by atoms with Crippen LogP contribution in [0.25, 0.3) is 0 Å². The summed E-state index contributed by atoms with van der Waals surface area (Å²) in [5.41, 5.74) is 0. The molecule has 0 aliphatic carbocycles. The lowest BCUT2D eigenvalue weighted by Gasteiger charge is -2.18. The SMILES string of the molecule is CC(C)CN(C)C(=O)c1cc(Br)c(Br)s1. The number of nitrogens with zero attached hydrogens (tertiary/aromatic N) is 1. The minimum absolute atomic E-state index is 0.0834. The van der Waals surface area contributed by atoms with E-state index in [4.69, 9.17) is 0 Å². The van der Waals surface area contributed by atoms with Crippen molar-refractivity contribution < 1.29 is 4.79 Å². The number of hydrogen-bond donors (Lipinski definition) is 0. The Kier molecular flexibility index (Phi) is 4.80. The molecule has 0 bridgehead atoms. The van der Waals surface area contributed by atoms with Crippen molar-refractivity contribution in [2.24, 2.45) is 5.92 Å². The fourth-order valence-corrected chi connectivity index (χ4v) is 3.30. The number of thiophene rings is 1. The average Bonchev–Trinajstić information content (AvgIpc) is 2.44. The molecule has 84 valence electrons. The third-order valence-corrected chi connectivity index (χ3v) is 5.09. The molecule has 5 heteroatoms. The van der Waals surface area contributed by atoms with E-state index in [0.717, 1.165) is 19.7 Å². The first-order chi connectivity index (χ1) is 6.91. The van der Waals surface area contributed by atoms with Gasteiger partial charge in [0.15, 0.2) is 0 Å². The Morgan fingerprint density at radius 1 is 1.53 bits per heavy atom. The van der Waals surface area contributed by atoms with Crippen LogP contribution in [0.4, 0.5) is 0 Å². The molecule has 1 aromatic heterocycles. The van der Waals surface area contributed by atoms with Crippen LogP contribution < -0.4 is 0 Å². The first kappa shape index (κ1) is 13.2. The van der Waals surface area contributed by atoms with Gasteiger partial charge in [0.25, 0.3) is 5.91 Å². The molecule has 15 heavy (non-hydrogen) atoms. The lowest BCUT2D eigenvalue weighted by molar-refractivity contribution is 0.0784. The summed E-state index contributed by atoms with van der Waals surface area (Å²) in [6.45, 7) is 4.99. The second kappa shape index (κ2) is 5.46. The largest absolute Gasteiger partial charge is 0.341 e. The van der Waals surface area contributed by atoms with Gasteiger partial charge in [0.2, 0.25) is 0 Å². The molecule has 0 unspecified atom stereocenters. The highest BCUT2D eigenvalue weighted by Gasteiger charge is 2.16. The molecule has 0 aliphatic rings. The van der Waals surface area contributed by atoms with Gasteiger partial charge in [-0.2, -0.15) is 0 Å². The van der Waals surface area contributed by atoms with Gasteiger partial charge in [0.1, 0.15) is 0 Å². The highest BCUT2D eigenvalue weighted by atomic mass is 79.9. The fraction of sp³-hybridized carbons (Fsp3) is 0.500. The average molecular weight is 355 g/mol. The Morgan fingerprint density at radius 3 is 2.53 bits per heavy atom. The van der Waals surface area contributed by atoms with Crippen LogP contribution in [0.2, 0.25) is 0 Å². The summed E-state index contributed by atoms with van der Waals surface area (Å²) in [4.78, 5) is 14.5. The van der Waals surface area contributed by atoms with E-state index in [-0.39, 0.29) is 5.91 Å². The minimum atomic E-state index is 0.0834. The summed E-state index contributed by atoms with van der Waals surface area (Å²) in [5.74, 6) is 0.575. The molecule has 0 radical (unpaired) electrons. The molecule has 0 atom stereocenters. The molecule has 0 N–H and O–H groups in total. The van der Waals surface area contributed by atoms with Gasteiger partial charge < -0.3 is 4.90 Å². The maximum atomic E-state index is 11.9. The maximum Gasteiger partial charge on any atom is 0.263 e. The zero-order chi connectivity index (χ0) is 11.6. The van der Waals surface area contributed by atoms with Gasteiger partial charge in [-0.25, -0.2) is 0 Å². The van der Waals surface area contributed by atoms with Gasteiger partial charge in [-0.1, -0.05) is 13.8 Å². The summed E-state index contributed by atoms with van der Waals surface area (Å²) in [7, 11) is 1.84. The van der Waals surface area contributed by atoms with Crippen LogP contribution in [0.5, 0.6) is 0 Å². The first-order valence-electron chi connectivity index (χ1n) is 4.62. The Labute approximate surface area is 111 Å². The van der Waals surface area contributed by atoms with Gasteiger partial charge in [-0.15, -0.1) is 11.3 Å². The monoisotopic (exact) mass is 353 g/mol. The van der Waals surface area contributed by atoms with Crippen LogP contribution in [0.15, 0.2) is 14.3 Å². The minimum Gasteiger partial charge on any atom is -0.341 e. The third-order valence-electron chi connectivity index (χ3n) is 1.84. The summed E-state index contributed by atoms with van der Waals surface area (Å²) in [6, 6.07) is 1.86. The maximum absolute atomic E-state index is 11.9. The molecular weight excluding hydrogens is 342 g/mol. The van der Waals surface area contributed by atoms with E-state index >= 15 is 0 Å². The number of amides is 1. The van der Waals surface area contributed by atoms with Crippen molar-refractivity contribution in [3.05, 3.63) is 19.2 Å². The lowest BCUT2D eigenvalue weighted by Crippen LogP contribution is -2.29. The number of carbonyl (C=O) groups excluding carboxylic acids is 1. The van der Waals surface area contributed by atoms with Crippen molar-refractivity contribution in [2.75, 3.05) is 13.6 Å². The summed E-state index contributed by atoms with van der Waals surface area (Å²) < 4.78 is 1.90. The second-order valence-corrected chi connectivity index (χ2v) is 7.04. The molecule has 0 fully saturated rings. The predicted molar refractivity (Wildman–Crippen MR) is 71.5 cm³/mol. The van der Waals surface area contributed by atoms with Crippen LogP contribution in [0.3, 0.4) is 0 Å². The topological polar surface area (TPSA) is 20.3 Å². The van der Waals surface area contributed by atoms with Gasteiger partial charge in [0, 0.05) is 18.1 Å². The van der Waals surface area contributed by atoms with Crippen molar-refractivity contribution in [1.29, 1.82) is 0 Å². The van der Waals surface area contributed by atoms with E-state index in [2.05, 4.69) is 45.7 Å². The van der Waals surface area contributed by atoms with Crippen LogP contribution in [0, 0.1) is 5.92 Å². The molecule has 0 saturated heterocycles. The smallest absolute Gasteiger partial charge is 0.263 e. The molecule has 0 spiro atoms.